The standard InChI is InChI=1S/C14H21N3O/c1-9(2)17-10(3)15-13-12(17)7-6-11(14(13)18)8-16(4)5/h8-9H,6-7H2,1-5H3/b11-8-. The van der Waals surface area contributed by atoms with Gasteiger partial charge in [-0.2, -0.15) is 0 Å². The molecule has 98 valence electrons. The molecule has 1 aliphatic rings. The normalized spacial score (nSPS) is 17.4. The molecule has 0 aromatic carbocycles. The van der Waals surface area contributed by atoms with Gasteiger partial charge in [0.15, 0.2) is 0 Å². The van der Waals surface area contributed by atoms with Crippen molar-refractivity contribution in [2.75, 3.05) is 14.1 Å². The van der Waals surface area contributed by atoms with Crippen LogP contribution in [0, 0.1) is 6.92 Å². The number of hydrogen-bond acceptors (Lipinski definition) is 3. The predicted molar refractivity (Wildman–Crippen MR) is 71.8 cm³/mol. The molecule has 1 aliphatic carbocycles. The van der Waals surface area contributed by atoms with Gasteiger partial charge in [-0.15, -0.1) is 0 Å². The van der Waals surface area contributed by atoms with E-state index in [0.717, 1.165) is 29.9 Å². The van der Waals surface area contributed by atoms with Crippen molar-refractivity contribution in [1.29, 1.82) is 0 Å². The van der Waals surface area contributed by atoms with Gasteiger partial charge in [0.25, 0.3) is 0 Å². The second-order valence-electron chi connectivity index (χ2n) is 5.37. The van der Waals surface area contributed by atoms with E-state index in [2.05, 4.69) is 23.4 Å². The minimum Gasteiger partial charge on any atom is -0.383 e. The molecule has 1 aromatic heterocycles. The predicted octanol–water partition coefficient (Wildman–Crippen LogP) is 2.35. The number of ketones is 1. The molecule has 0 saturated heterocycles. The van der Waals surface area contributed by atoms with E-state index in [4.69, 9.17) is 0 Å². The van der Waals surface area contributed by atoms with Gasteiger partial charge in [0.1, 0.15) is 11.5 Å². The summed E-state index contributed by atoms with van der Waals surface area (Å²) >= 11 is 0. The number of aromatic nitrogens is 2. The number of nitrogens with zero attached hydrogens (tertiary/aromatic N) is 3. The van der Waals surface area contributed by atoms with Gasteiger partial charge in [-0.25, -0.2) is 4.98 Å². The monoisotopic (exact) mass is 247 g/mol. The Labute approximate surface area is 108 Å². The van der Waals surface area contributed by atoms with E-state index < -0.39 is 0 Å². The summed E-state index contributed by atoms with van der Waals surface area (Å²) in [5.41, 5.74) is 2.62. The lowest BCUT2D eigenvalue weighted by molar-refractivity contribution is 0.101. The number of fused-ring (bicyclic) bond motifs is 1. The Hall–Kier alpha value is -1.58. The van der Waals surface area contributed by atoms with E-state index in [0.29, 0.717) is 11.7 Å². The summed E-state index contributed by atoms with van der Waals surface area (Å²) in [5, 5.41) is 0. The molecule has 0 aliphatic heterocycles. The number of rotatable bonds is 2. The molecule has 4 heteroatoms. The zero-order chi connectivity index (χ0) is 13.4. The maximum atomic E-state index is 12.4. The molecule has 18 heavy (non-hydrogen) atoms. The molecular weight excluding hydrogens is 226 g/mol. The van der Waals surface area contributed by atoms with Gasteiger partial charge >= 0.3 is 0 Å². The molecule has 0 bridgehead atoms. The zero-order valence-electron chi connectivity index (χ0n) is 11.8. The molecule has 0 fully saturated rings. The number of Topliss-reactive ketones (excluding diaryl/α,β-unsaturated/α-hetero) is 1. The summed E-state index contributed by atoms with van der Waals surface area (Å²) in [6, 6.07) is 0.355. The van der Waals surface area contributed by atoms with Crippen molar-refractivity contribution in [2.24, 2.45) is 0 Å². The SMILES string of the molecule is Cc1nc2c(n1C(C)C)CC/C(=C/N(C)C)C2=O. The van der Waals surface area contributed by atoms with Crippen molar-refractivity contribution in [3.05, 3.63) is 29.0 Å². The third kappa shape index (κ3) is 2.07. The zero-order valence-corrected chi connectivity index (χ0v) is 11.8. The van der Waals surface area contributed by atoms with Crippen LogP contribution in [0.2, 0.25) is 0 Å². The molecule has 0 atom stereocenters. The Morgan fingerprint density at radius 1 is 1.33 bits per heavy atom. The molecule has 2 rings (SSSR count). The fourth-order valence-corrected chi connectivity index (χ4v) is 2.65. The van der Waals surface area contributed by atoms with Crippen LogP contribution in [0.15, 0.2) is 11.8 Å². The van der Waals surface area contributed by atoms with Crippen LogP contribution < -0.4 is 0 Å². The van der Waals surface area contributed by atoms with Crippen molar-refractivity contribution >= 4 is 5.78 Å². The molecule has 0 amide bonds. The van der Waals surface area contributed by atoms with Crippen molar-refractivity contribution in [3.8, 4) is 0 Å². The van der Waals surface area contributed by atoms with Crippen LogP contribution in [0.3, 0.4) is 0 Å². The van der Waals surface area contributed by atoms with Crippen molar-refractivity contribution < 1.29 is 4.79 Å². The second kappa shape index (κ2) is 4.59. The summed E-state index contributed by atoms with van der Waals surface area (Å²) in [4.78, 5) is 18.8. The lowest BCUT2D eigenvalue weighted by Crippen LogP contribution is -2.19. The van der Waals surface area contributed by atoms with Crippen LogP contribution in [0.5, 0.6) is 0 Å². The fraction of sp³-hybridized carbons (Fsp3) is 0.571. The average molecular weight is 247 g/mol. The highest BCUT2D eigenvalue weighted by Gasteiger charge is 2.28. The van der Waals surface area contributed by atoms with Crippen LogP contribution in [-0.2, 0) is 6.42 Å². The minimum absolute atomic E-state index is 0.0902. The highest BCUT2D eigenvalue weighted by atomic mass is 16.1. The third-order valence-electron chi connectivity index (χ3n) is 3.25. The van der Waals surface area contributed by atoms with Crippen LogP contribution >= 0.6 is 0 Å². The number of carbonyl (C=O) groups excluding carboxylic acids is 1. The number of allylic oxidation sites excluding steroid dienone is 1. The Morgan fingerprint density at radius 2 is 2.00 bits per heavy atom. The summed E-state index contributed by atoms with van der Waals surface area (Å²) in [6.07, 6.45) is 3.62. The first-order valence-electron chi connectivity index (χ1n) is 6.41. The average Bonchev–Trinajstić information content (AvgIpc) is 2.59. The fourth-order valence-electron chi connectivity index (χ4n) is 2.65. The summed E-state index contributed by atoms with van der Waals surface area (Å²) < 4.78 is 2.18. The van der Waals surface area contributed by atoms with Crippen molar-refractivity contribution in [3.63, 3.8) is 0 Å². The number of hydrogen-bond donors (Lipinski definition) is 0. The van der Waals surface area contributed by atoms with E-state index in [1.165, 1.54) is 0 Å². The highest BCUT2D eigenvalue weighted by molar-refractivity contribution is 6.09. The molecule has 0 spiro atoms. The molecule has 0 radical (unpaired) electrons. The Bertz CT molecular complexity index is 509. The van der Waals surface area contributed by atoms with Gasteiger partial charge in [0.2, 0.25) is 5.78 Å². The Kier molecular flexibility index (Phi) is 3.28. The molecular formula is C14H21N3O. The maximum absolute atomic E-state index is 12.4. The second-order valence-corrected chi connectivity index (χ2v) is 5.37. The molecule has 0 unspecified atom stereocenters. The van der Waals surface area contributed by atoms with E-state index >= 15 is 0 Å². The Morgan fingerprint density at radius 3 is 2.56 bits per heavy atom. The van der Waals surface area contributed by atoms with Gasteiger partial charge in [-0.05, 0) is 33.6 Å². The molecule has 4 nitrogen and oxygen atoms in total. The summed E-state index contributed by atoms with van der Waals surface area (Å²) in [5.74, 6) is 1.03. The van der Waals surface area contributed by atoms with Gasteiger partial charge in [-0.3, -0.25) is 4.79 Å². The van der Waals surface area contributed by atoms with Crippen molar-refractivity contribution in [1.82, 2.24) is 14.5 Å². The van der Waals surface area contributed by atoms with E-state index in [1.807, 2.05) is 32.1 Å². The van der Waals surface area contributed by atoms with Crippen LogP contribution in [-0.4, -0.2) is 34.3 Å². The number of imidazole rings is 1. The quantitative estimate of drug-likeness (QED) is 0.753. The Balaban J connectivity index is 2.47. The largest absolute Gasteiger partial charge is 0.383 e. The first-order valence-corrected chi connectivity index (χ1v) is 6.41. The highest BCUT2D eigenvalue weighted by Crippen LogP contribution is 2.28. The van der Waals surface area contributed by atoms with Gasteiger partial charge < -0.3 is 9.47 Å². The van der Waals surface area contributed by atoms with Gasteiger partial charge in [0, 0.05) is 37.6 Å². The number of aryl methyl sites for hydroxylation is 1. The molecule has 0 N–H and O–H groups in total. The smallest absolute Gasteiger partial charge is 0.210 e. The van der Waals surface area contributed by atoms with Crippen LogP contribution in [0.25, 0.3) is 0 Å². The number of carbonyl (C=O) groups is 1. The molecule has 1 aromatic rings. The van der Waals surface area contributed by atoms with E-state index in [1.54, 1.807) is 0 Å². The van der Waals surface area contributed by atoms with Gasteiger partial charge in [-0.1, -0.05) is 0 Å². The third-order valence-corrected chi connectivity index (χ3v) is 3.25. The first-order chi connectivity index (χ1) is 8.41. The lowest BCUT2D eigenvalue weighted by atomic mass is 9.94. The first kappa shape index (κ1) is 12.9. The minimum atomic E-state index is 0.0902. The topological polar surface area (TPSA) is 38.1 Å². The van der Waals surface area contributed by atoms with E-state index in [9.17, 15) is 4.79 Å². The van der Waals surface area contributed by atoms with Crippen LogP contribution in [0.1, 0.15) is 48.3 Å². The maximum Gasteiger partial charge on any atom is 0.210 e. The van der Waals surface area contributed by atoms with Gasteiger partial charge in [0.05, 0.1) is 0 Å². The van der Waals surface area contributed by atoms with E-state index in [-0.39, 0.29) is 5.78 Å². The van der Waals surface area contributed by atoms with Crippen molar-refractivity contribution in [2.45, 2.75) is 39.7 Å². The summed E-state index contributed by atoms with van der Waals surface area (Å²) in [7, 11) is 3.88. The summed E-state index contributed by atoms with van der Waals surface area (Å²) in [6.45, 7) is 6.23. The molecule has 0 saturated carbocycles. The molecule has 1 heterocycles. The van der Waals surface area contributed by atoms with Crippen LogP contribution in [0.4, 0.5) is 0 Å². The lowest BCUT2D eigenvalue weighted by Gasteiger charge is -2.19.